The second kappa shape index (κ2) is 4.71. The minimum Gasteiger partial charge on any atom is -0.314 e. The third-order valence-electron chi connectivity index (χ3n) is 3.74. The molecule has 0 radical (unpaired) electrons. The van der Waals surface area contributed by atoms with Gasteiger partial charge in [0.2, 0.25) is 0 Å². The first kappa shape index (κ1) is 11.7. The summed E-state index contributed by atoms with van der Waals surface area (Å²) in [5, 5.41) is 9.26. The lowest BCUT2D eigenvalue weighted by molar-refractivity contribution is 0.234. The van der Waals surface area contributed by atoms with E-state index in [0.29, 0.717) is 0 Å². The van der Waals surface area contributed by atoms with Gasteiger partial charge < -0.3 is 5.32 Å². The predicted molar refractivity (Wildman–Crippen MR) is 73.6 cm³/mol. The van der Waals surface area contributed by atoms with Crippen molar-refractivity contribution in [1.82, 2.24) is 20.0 Å². The summed E-state index contributed by atoms with van der Waals surface area (Å²) in [5.74, 6) is 0. The molecule has 2 aromatic rings. The summed E-state index contributed by atoms with van der Waals surface area (Å²) in [6, 6.07) is 6.52. The zero-order valence-corrected chi connectivity index (χ0v) is 11.1. The van der Waals surface area contributed by atoms with E-state index in [1.165, 1.54) is 16.5 Å². The standard InChI is InChI=1S/C14H20N4/c1-11-14-12(10-18-8-6-15-7-9-18)4-3-5-13(14)17(2)16-11/h3-5,15H,6-10H2,1-2H3. The first-order valence-electron chi connectivity index (χ1n) is 6.60. The summed E-state index contributed by atoms with van der Waals surface area (Å²) in [6.07, 6.45) is 0. The van der Waals surface area contributed by atoms with E-state index in [4.69, 9.17) is 0 Å². The van der Waals surface area contributed by atoms with Crippen LogP contribution in [0.15, 0.2) is 18.2 Å². The highest BCUT2D eigenvalue weighted by atomic mass is 15.3. The van der Waals surface area contributed by atoms with Gasteiger partial charge in [-0.15, -0.1) is 0 Å². The molecule has 1 fully saturated rings. The molecule has 1 aromatic carbocycles. The van der Waals surface area contributed by atoms with Gasteiger partial charge in [-0.25, -0.2) is 0 Å². The van der Waals surface area contributed by atoms with Crippen LogP contribution in [-0.2, 0) is 13.6 Å². The molecule has 1 N–H and O–H groups in total. The lowest BCUT2D eigenvalue weighted by Crippen LogP contribution is -2.42. The van der Waals surface area contributed by atoms with Crippen molar-refractivity contribution in [2.24, 2.45) is 7.05 Å². The van der Waals surface area contributed by atoms with Gasteiger partial charge in [-0.3, -0.25) is 9.58 Å². The van der Waals surface area contributed by atoms with Crippen LogP contribution in [0.1, 0.15) is 11.3 Å². The fourth-order valence-electron chi connectivity index (χ4n) is 2.84. The molecule has 0 amide bonds. The minimum absolute atomic E-state index is 1.03. The van der Waals surface area contributed by atoms with E-state index in [1.54, 1.807) is 0 Å². The van der Waals surface area contributed by atoms with Crippen LogP contribution in [-0.4, -0.2) is 40.9 Å². The second-order valence-corrected chi connectivity index (χ2v) is 5.05. The number of aromatic nitrogens is 2. The SMILES string of the molecule is Cc1nn(C)c2cccc(CN3CCNCC3)c12. The van der Waals surface area contributed by atoms with Crippen LogP contribution in [0.5, 0.6) is 0 Å². The zero-order chi connectivity index (χ0) is 12.5. The number of nitrogens with one attached hydrogen (secondary N) is 1. The monoisotopic (exact) mass is 244 g/mol. The van der Waals surface area contributed by atoms with Gasteiger partial charge in [-0.05, 0) is 18.6 Å². The Bertz CT molecular complexity index is 552. The molecular formula is C14H20N4. The van der Waals surface area contributed by atoms with Crippen LogP contribution in [0.2, 0.25) is 0 Å². The molecule has 0 aliphatic carbocycles. The first-order valence-corrected chi connectivity index (χ1v) is 6.60. The van der Waals surface area contributed by atoms with Crippen molar-refractivity contribution in [2.45, 2.75) is 13.5 Å². The Morgan fingerprint density at radius 3 is 2.83 bits per heavy atom. The zero-order valence-electron chi connectivity index (χ0n) is 11.1. The second-order valence-electron chi connectivity index (χ2n) is 5.05. The fourth-order valence-corrected chi connectivity index (χ4v) is 2.84. The van der Waals surface area contributed by atoms with Crippen LogP contribution >= 0.6 is 0 Å². The first-order chi connectivity index (χ1) is 8.75. The van der Waals surface area contributed by atoms with Gasteiger partial charge in [0.25, 0.3) is 0 Å². The van der Waals surface area contributed by atoms with E-state index in [9.17, 15) is 0 Å². The minimum atomic E-state index is 1.03. The van der Waals surface area contributed by atoms with Crippen LogP contribution in [0.25, 0.3) is 10.9 Å². The predicted octanol–water partition coefficient (Wildman–Crippen LogP) is 1.29. The Morgan fingerprint density at radius 1 is 1.28 bits per heavy atom. The van der Waals surface area contributed by atoms with Crippen molar-refractivity contribution in [3.05, 3.63) is 29.5 Å². The molecule has 18 heavy (non-hydrogen) atoms. The Kier molecular flexibility index (Phi) is 3.06. The molecule has 0 bridgehead atoms. The van der Waals surface area contributed by atoms with E-state index in [1.807, 2.05) is 11.7 Å². The van der Waals surface area contributed by atoms with Crippen LogP contribution < -0.4 is 5.32 Å². The lowest BCUT2D eigenvalue weighted by Gasteiger charge is -2.27. The van der Waals surface area contributed by atoms with E-state index >= 15 is 0 Å². The third kappa shape index (κ3) is 2.02. The quantitative estimate of drug-likeness (QED) is 0.864. The highest BCUT2D eigenvalue weighted by Crippen LogP contribution is 2.23. The number of fused-ring (bicyclic) bond motifs is 1. The maximum atomic E-state index is 4.53. The molecule has 0 unspecified atom stereocenters. The van der Waals surface area contributed by atoms with Crippen molar-refractivity contribution in [3.8, 4) is 0 Å². The summed E-state index contributed by atoms with van der Waals surface area (Å²) in [7, 11) is 2.02. The summed E-state index contributed by atoms with van der Waals surface area (Å²) in [6.45, 7) is 7.60. The average Bonchev–Trinajstić information content (AvgIpc) is 2.67. The van der Waals surface area contributed by atoms with Crippen molar-refractivity contribution < 1.29 is 0 Å². The molecule has 4 heteroatoms. The third-order valence-corrected chi connectivity index (χ3v) is 3.74. The van der Waals surface area contributed by atoms with Gasteiger partial charge in [-0.2, -0.15) is 5.10 Å². The maximum Gasteiger partial charge on any atom is 0.0685 e. The van der Waals surface area contributed by atoms with Gasteiger partial charge in [0.1, 0.15) is 0 Å². The van der Waals surface area contributed by atoms with Gasteiger partial charge in [-0.1, -0.05) is 12.1 Å². The molecule has 3 rings (SSSR count). The molecule has 1 aliphatic rings. The van der Waals surface area contributed by atoms with E-state index in [2.05, 4.69) is 40.4 Å². The highest BCUT2D eigenvalue weighted by Gasteiger charge is 2.14. The van der Waals surface area contributed by atoms with Crippen LogP contribution in [0, 0.1) is 6.92 Å². The van der Waals surface area contributed by atoms with Gasteiger partial charge in [0.05, 0.1) is 11.2 Å². The fraction of sp³-hybridized carbons (Fsp3) is 0.500. The molecule has 0 atom stereocenters. The molecule has 1 aliphatic heterocycles. The van der Waals surface area contributed by atoms with Crippen molar-refractivity contribution in [2.75, 3.05) is 26.2 Å². The lowest BCUT2D eigenvalue weighted by atomic mass is 10.1. The summed E-state index contributed by atoms with van der Waals surface area (Å²) < 4.78 is 1.98. The average molecular weight is 244 g/mol. The number of hydrogen-bond acceptors (Lipinski definition) is 3. The Hall–Kier alpha value is -1.39. The number of hydrogen-bond donors (Lipinski definition) is 1. The maximum absolute atomic E-state index is 4.53. The molecule has 96 valence electrons. The number of nitrogens with zero attached hydrogens (tertiary/aromatic N) is 3. The van der Waals surface area contributed by atoms with E-state index in [-0.39, 0.29) is 0 Å². The van der Waals surface area contributed by atoms with Crippen molar-refractivity contribution >= 4 is 10.9 Å². The molecular weight excluding hydrogens is 224 g/mol. The Balaban J connectivity index is 1.95. The smallest absolute Gasteiger partial charge is 0.0685 e. The molecule has 1 saturated heterocycles. The Morgan fingerprint density at radius 2 is 2.06 bits per heavy atom. The van der Waals surface area contributed by atoms with Crippen LogP contribution in [0.3, 0.4) is 0 Å². The molecule has 2 heterocycles. The summed E-state index contributed by atoms with van der Waals surface area (Å²) >= 11 is 0. The summed E-state index contributed by atoms with van der Waals surface area (Å²) in [4.78, 5) is 2.51. The number of rotatable bonds is 2. The normalized spacial score (nSPS) is 17.4. The van der Waals surface area contributed by atoms with E-state index in [0.717, 1.165) is 38.4 Å². The highest BCUT2D eigenvalue weighted by molar-refractivity contribution is 5.85. The number of piperazine rings is 1. The van der Waals surface area contributed by atoms with Crippen molar-refractivity contribution in [3.63, 3.8) is 0 Å². The van der Waals surface area contributed by atoms with Gasteiger partial charge in [0, 0.05) is 45.2 Å². The van der Waals surface area contributed by atoms with E-state index < -0.39 is 0 Å². The summed E-state index contributed by atoms with van der Waals surface area (Å²) in [5.41, 5.74) is 3.78. The number of aryl methyl sites for hydroxylation is 2. The molecule has 1 aromatic heterocycles. The molecule has 0 saturated carbocycles. The topological polar surface area (TPSA) is 33.1 Å². The Labute approximate surface area is 108 Å². The molecule has 0 spiro atoms. The van der Waals surface area contributed by atoms with Crippen molar-refractivity contribution in [1.29, 1.82) is 0 Å². The largest absolute Gasteiger partial charge is 0.314 e. The molecule has 4 nitrogen and oxygen atoms in total. The van der Waals surface area contributed by atoms with Gasteiger partial charge in [0.15, 0.2) is 0 Å². The van der Waals surface area contributed by atoms with Crippen LogP contribution in [0.4, 0.5) is 0 Å². The number of benzene rings is 1. The van der Waals surface area contributed by atoms with Gasteiger partial charge >= 0.3 is 0 Å².